The maximum absolute atomic E-state index is 3.47. The summed E-state index contributed by atoms with van der Waals surface area (Å²) in [5, 5.41) is 0. The first-order valence-corrected chi connectivity index (χ1v) is 4.16. The Morgan fingerprint density at radius 3 is 2.60 bits per heavy atom. The first kappa shape index (κ1) is 7.80. The molecule has 0 atom stereocenters. The van der Waals surface area contributed by atoms with Crippen LogP contribution in [0.4, 0.5) is 0 Å². The lowest BCUT2D eigenvalue weighted by Crippen LogP contribution is -1.86. The summed E-state index contributed by atoms with van der Waals surface area (Å²) in [7, 11) is 0. The molecule has 0 saturated carbocycles. The maximum atomic E-state index is 3.47. The van der Waals surface area contributed by atoms with Gasteiger partial charge in [0.2, 0.25) is 0 Å². The molecule has 0 aliphatic heterocycles. The topological polar surface area (TPSA) is 0 Å². The monoisotopic (exact) mass is 197 g/mol. The molecular weight excluding hydrogens is 188 g/mol. The Hall–Kier alpha value is -0.300. The van der Waals surface area contributed by atoms with Gasteiger partial charge >= 0.3 is 0 Å². The smallest absolute Gasteiger partial charge is 0.0216 e. The fourth-order valence-corrected chi connectivity index (χ4v) is 1.61. The summed E-state index contributed by atoms with van der Waals surface area (Å²) in [6.45, 7) is 4.36. The maximum Gasteiger partial charge on any atom is 0.0216 e. The number of halogens is 1. The third kappa shape index (κ3) is 1.60. The molecule has 0 nitrogen and oxygen atoms in total. The van der Waals surface area contributed by atoms with Gasteiger partial charge in [-0.2, -0.15) is 0 Å². The zero-order valence-corrected chi connectivity index (χ0v) is 7.77. The van der Waals surface area contributed by atoms with Crippen LogP contribution < -0.4 is 0 Å². The molecule has 0 aromatic heterocycles. The van der Waals surface area contributed by atoms with E-state index in [2.05, 4.69) is 41.9 Å². The van der Waals surface area contributed by atoms with Crippen molar-refractivity contribution in [1.29, 1.82) is 0 Å². The molecule has 1 aromatic rings. The van der Waals surface area contributed by atoms with Crippen molar-refractivity contribution in [3.05, 3.63) is 34.3 Å². The van der Waals surface area contributed by atoms with E-state index in [0.717, 1.165) is 4.47 Å². The van der Waals surface area contributed by atoms with E-state index in [-0.39, 0.29) is 0 Å². The summed E-state index contributed by atoms with van der Waals surface area (Å²) in [5.74, 6) is 0.587. The minimum Gasteiger partial charge on any atom is -0.0586 e. The average molecular weight is 198 g/mol. The highest BCUT2D eigenvalue weighted by Gasteiger charge is 2.01. The van der Waals surface area contributed by atoms with Gasteiger partial charge in [-0.3, -0.25) is 0 Å². The second kappa shape index (κ2) is 3.20. The van der Waals surface area contributed by atoms with Crippen LogP contribution in [0.15, 0.2) is 22.7 Å². The van der Waals surface area contributed by atoms with Crippen LogP contribution in [0.5, 0.6) is 0 Å². The molecule has 0 aliphatic carbocycles. The minimum absolute atomic E-state index is 0.587. The number of hydrogen-bond donors (Lipinski definition) is 0. The van der Waals surface area contributed by atoms with Gasteiger partial charge < -0.3 is 0 Å². The van der Waals surface area contributed by atoms with Gasteiger partial charge in [-0.05, 0) is 23.6 Å². The Morgan fingerprint density at radius 2 is 2.20 bits per heavy atom. The molecule has 1 rings (SSSR count). The lowest BCUT2D eigenvalue weighted by atomic mass is 10.0. The molecule has 0 aliphatic rings. The molecule has 1 heteroatoms. The predicted molar refractivity (Wildman–Crippen MR) is 47.1 cm³/mol. The summed E-state index contributed by atoms with van der Waals surface area (Å²) in [6.07, 6.45) is 0. The Kier molecular flexibility index (Phi) is 2.50. The van der Waals surface area contributed by atoms with Crippen LogP contribution in [0.2, 0.25) is 0 Å². The molecule has 0 spiro atoms. The quantitative estimate of drug-likeness (QED) is 0.648. The van der Waals surface area contributed by atoms with Crippen LogP contribution in [0.1, 0.15) is 25.3 Å². The summed E-state index contributed by atoms with van der Waals surface area (Å²) in [5.41, 5.74) is 1.35. The molecule has 1 aromatic carbocycles. The molecule has 10 heavy (non-hydrogen) atoms. The minimum atomic E-state index is 0.587. The Labute approximate surface area is 70.4 Å². The van der Waals surface area contributed by atoms with Crippen molar-refractivity contribution in [2.24, 2.45) is 0 Å². The third-order valence-corrected chi connectivity index (χ3v) is 2.15. The fraction of sp³-hybridized carbons (Fsp3) is 0.333. The van der Waals surface area contributed by atoms with E-state index in [1.54, 1.807) is 0 Å². The molecule has 0 N–H and O–H groups in total. The van der Waals surface area contributed by atoms with Crippen molar-refractivity contribution in [3.63, 3.8) is 0 Å². The van der Waals surface area contributed by atoms with Gasteiger partial charge in [-0.1, -0.05) is 41.9 Å². The lowest BCUT2D eigenvalue weighted by molar-refractivity contribution is 0.861. The highest BCUT2D eigenvalue weighted by molar-refractivity contribution is 9.10. The summed E-state index contributed by atoms with van der Waals surface area (Å²) < 4.78 is 1.16. The SMILES string of the molecule is CC(C)c1cc[c]cc1Br. The van der Waals surface area contributed by atoms with Crippen LogP contribution in [0.3, 0.4) is 0 Å². The molecule has 0 fully saturated rings. The Morgan fingerprint density at radius 1 is 1.50 bits per heavy atom. The molecule has 0 heterocycles. The number of hydrogen-bond acceptors (Lipinski definition) is 0. The van der Waals surface area contributed by atoms with Gasteiger partial charge in [0, 0.05) is 4.47 Å². The molecule has 0 saturated heterocycles. The van der Waals surface area contributed by atoms with Crippen LogP contribution >= 0.6 is 15.9 Å². The average Bonchev–Trinajstić information content (AvgIpc) is 1.88. The molecule has 0 unspecified atom stereocenters. The van der Waals surface area contributed by atoms with Crippen LogP contribution in [0, 0.1) is 6.07 Å². The van der Waals surface area contributed by atoms with Gasteiger partial charge in [0.05, 0.1) is 0 Å². The predicted octanol–water partition coefficient (Wildman–Crippen LogP) is 3.37. The second-order valence-corrected chi connectivity index (χ2v) is 3.46. The normalized spacial score (nSPS) is 10.4. The van der Waals surface area contributed by atoms with E-state index < -0.39 is 0 Å². The van der Waals surface area contributed by atoms with Gasteiger partial charge in [0.15, 0.2) is 0 Å². The van der Waals surface area contributed by atoms with E-state index in [9.17, 15) is 0 Å². The first-order chi connectivity index (χ1) is 4.72. The van der Waals surface area contributed by atoms with Crippen molar-refractivity contribution in [2.45, 2.75) is 19.8 Å². The zero-order valence-electron chi connectivity index (χ0n) is 6.19. The highest BCUT2D eigenvalue weighted by Crippen LogP contribution is 2.23. The first-order valence-electron chi connectivity index (χ1n) is 3.37. The molecular formula is C9H10Br. The van der Waals surface area contributed by atoms with Crippen LogP contribution in [0.25, 0.3) is 0 Å². The van der Waals surface area contributed by atoms with Gasteiger partial charge in [0.25, 0.3) is 0 Å². The number of rotatable bonds is 1. The largest absolute Gasteiger partial charge is 0.0586 e. The van der Waals surface area contributed by atoms with E-state index in [0.29, 0.717) is 5.92 Å². The molecule has 53 valence electrons. The van der Waals surface area contributed by atoms with Gasteiger partial charge in [0.1, 0.15) is 0 Å². The van der Waals surface area contributed by atoms with Crippen molar-refractivity contribution < 1.29 is 0 Å². The third-order valence-electron chi connectivity index (χ3n) is 1.47. The van der Waals surface area contributed by atoms with Crippen molar-refractivity contribution in [2.75, 3.05) is 0 Å². The summed E-state index contributed by atoms with van der Waals surface area (Å²) in [6, 6.07) is 9.00. The number of benzene rings is 1. The van der Waals surface area contributed by atoms with Crippen molar-refractivity contribution >= 4 is 15.9 Å². The summed E-state index contributed by atoms with van der Waals surface area (Å²) in [4.78, 5) is 0. The highest BCUT2D eigenvalue weighted by atomic mass is 79.9. The van der Waals surface area contributed by atoms with Crippen molar-refractivity contribution in [3.8, 4) is 0 Å². The Balaban J connectivity index is 3.03. The van der Waals surface area contributed by atoms with Crippen LogP contribution in [-0.4, -0.2) is 0 Å². The zero-order chi connectivity index (χ0) is 7.56. The van der Waals surface area contributed by atoms with E-state index in [1.165, 1.54) is 5.56 Å². The van der Waals surface area contributed by atoms with Gasteiger partial charge in [-0.25, -0.2) is 0 Å². The second-order valence-electron chi connectivity index (χ2n) is 2.60. The lowest BCUT2D eigenvalue weighted by Gasteiger charge is -2.05. The van der Waals surface area contributed by atoms with E-state index in [1.807, 2.05) is 12.1 Å². The molecule has 1 radical (unpaired) electrons. The van der Waals surface area contributed by atoms with Gasteiger partial charge in [-0.15, -0.1) is 0 Å². The van der Waals surface area contributed by atoms with Crippen LogP contribution in [-0.2, 0) is 0 Å². The van der Waals surface area contributed by atoms with E-state index in [4.69, 9.17) is 0 Å². The fourth-order valence-electron chi connectivity index (χ4n) is 0.890. The molecule has 0 bridgehead atoms. The Bertz CT molecular complexity index is 216. The molecule has 0 amide bonds. The standard InChI is InChI=1S/C9H10Br/c1-7(2)8-5-3-4-6-9(8)10/h3,5-7H,1-2H3. The van der Waals surface area contributed by atoms with E-state index >= 15 is 0 Å². The van der Waals surface area contributed by atoms with Crippen molar-refractivity contribution in [1.82, 2.24) is 0 Å². The summed E-state index contributed by atoms with van der Waals surface area (Å²) >= 11 is 3.47.